The third-order valence-corrected chi connectivity index (χ3v) is 5.74. The molecule has 0 aliphatic carbocycles. The molecule has 2 unspecified atom stereocenters. The number of amides is 1. The van der Waals surface area contributed by atoms with Crippen molar-refractivity contribution >= 4 is 17.2 Å². The summed E-state index contributed by atoms with van der Waals surface area (Å²) in [5, 5.41) is 3.08. The van der Waals surface area contributed by atoms with Crippen LogP contribution in [0.3, 0.4) is 0 Å². The van der Waals surface area contributed by atoms with Crippen molar-refractivity contribution in [2.24, 2.45) is 0 Å². The average Bonchev–Trinajstić information content (AvgIpc) is 3.26. The first kappa shape index (κ1) is 17.5. The fraction of sp³-hybridized carbons (Fsp3) is 0.556. The summed E-state index contributed by atoms with van der Waals surface area (Å²) in [4.78, 5) is 27.0. The largest absolute Gasteiger partial charge is 0.370 e. The molecule has 26 heavy (non-hydrogen) atoms. The molecule has 2 saturated heterocycles. The first-order valence-electron chi connectivity index (χ1n) is 8.85. The summed E-state index contributed by atoms with van der Waals surface area (Å²) in [5.74, 6) is -0.0805. The molecule has 7 nitrogen and oxygen atoms in total. The molecular formula is C18H22N4O3S. The first-order chi connectivity index (χ1) is 12.6. The van der Waals surface area contributed by atoms with Gasteiger partial charge >= 0.3 is 0 Å². The highest BCUT2D eigenvalue weighted by Gasteiger charge is 2.45. The van der Waals surface area contributed by atoms with Gasteiger partial charge in [-0.05, 0) is 19.8 Å². The van der Waals surface area contributed by atoms with Crippen molar-refractivity contribution in [3.63, 3.8) is 0 Å². The Bertz CT molecular complexity index is 769. The van der Waals surface area contributed by atoms with E-state index in [-0.39, 0.29) is 17.6 Å². The summed E-state index contributed by atoms with van der Waals surface area (Å²) >= 11 is 1.63. The molecule has 138 valence electrons. The standard InChI is InChI=1S/C18H22N4O3S/c1-13-21-14(11-26-13)9-24-15-7-18(25-10-15)3-2-6-22(12-18)17(23)16-8-19-4-5-20-16/h4-5,8,11,15H,2-3,6-7,9-10,12H2,1H3. The Morgan fingerprint density at radius 1 is 1.50 bits per heavy atom. The third-order valence-electron chi connectivity index (χ3n) is 4.92. The Labute approximate surface area is 156 Å². The minimum atomic E-state index is -0.307. The number of hydrogen-bond acceptors (Lipinski definition) is 7. The molecule has 1 amide bonds. The van der Waals surface area contributed by atoms with Crippen LogP contribution in [0.25, 0.3) is 0 Å². The molecule has 4 heterocycles. The van der Waals surface area contributed by atoms with Gasteiger partial charge in [-0.25, -0.2) is 9.97 Å². The van der Waals surface area contributed by atoms with Crippen LogP contribution in [0.15, 0.2) is 24.0 Å². The summed E-state index contributed by atoms with van der Waals surface area (Å²) in [5.41, 5.74) is 1.05. The Morgan fingerprint density at radius 3 is 3.19 bits per heavy atom. The Hall–Kier alpha value is -1.90. The van der Waals surface area contributed by atoms with Crippen molar-refractivity contribution in [3.05, 3.63) is 40.4 Å². The average molecular weight is 374 g/mol. The van der Waals surface area contributed by atoms with Gasteiger partial charge < -0.3 is 14.4 Å². The van der Waals surface area contributed by atoms with Crippen molar-refractivity contribution in [2.45, 2.75) is 44.5 Å². The van der Waals surface area contributed by atoms with Crippen LogP contribution in [-0.2, 0) is 16.1 Å². The van der Waals surface area contributed by atoms with E-state index in [1.165, 1.54) is 6.20 Å². The molecule has 2 fully saturated rings. The highest BCUT2D eigenvalue weighted by molar-refractivity contribution is 7.09. The molecule has 0 N–H and O–H groups in total. The number of carbonyl (C=O) groups is 1. The number of nitrogens with zero attached hydrogens (tertiary/aromatic N) is 4. The molecule has 2 aromatic rings. The second kappa shape index (κ2) is 7.38. The molecule has 2 aliphatic rings. The van der Waals surface area contributed by atoms with Gasteiger partial charge in [-0.2, -0.15) is 0 Å². The van der Waals surface area contributed by atoms with Crippen molar-refractivity contribution in [3.8, 4) is 0 Å². The molecule has 1 spiro atoms. The van der Waals surface area contributed by atoms with Crippen LogP contribution in [0.5, 0.6) is 0 Å². The molecular weight excluding hydrogens is 352 g/mol. The SMILES string of the molecule is Cc1nc(COC2COC3(CCCN(C(=O)c4cnccn4)C3)C2)cs1. The zero-order valence-corrected chi connectivity index (χ0v) is 15.6. The lowest BCUT2D eigenvalue weighted by molar-refractivity contribution is -0.0467. The van der Waals surface area contributed by atoms with Crippen LogP contribution < -0.4 is 0 Å². The second-order valence-electron chi connectivity index (χ2n) is 6.91. The highest BCUT2D eigenvalue weighted by atomic mass is 32.1. The number of hydrogen-bond donors (Lipinski definition) is 0. The van der Waals surface area contributed by atoms with Gasteiger partial charge in [0.05, 0.1) is 48.4 Å². The van der Waals surface area contributed by atoms with Crippen molar-refractivity contribution in [1.29, 1.82) is 0 Å². The van der Waals surface area contributed by atoms with E-state index in [2.05, 4.69) is 15.0 Å². The predicted molar refractivity (Wildman–Crippen MR) is 95.9 cm³/mol. The van der Waals surface area contributed by atoms with Gasteiger partial charge in [0, 0.05) is 30.7 Å². The zero-order chi connectivity index (χ0) is 18.0. The molecule has 0 saturated carbocycles. The number of aryl methyl sites for hydroxylation is 1. The van der Waals surface area contributed by atoms with Crippen LogP contribution in [0.2, 0.25) is 0 Å². The summed E-state index contributed by atoms with van der Waals surface area (Å²) in [6.07, 6.45) is 7.35. The Kier molecular flexibility index (Phi) is 4.97. The van der Waals surface area contributed by atoms with Crippen molar-refractivity contribution < 1.29 is 14.3 Å². The van der Waals surface area contributed by atoms with E-state index in [1.807, 2.05) is 17.2 Å². The molecule has 0 radical (unpaired) electrons. The number of rotatable bonds is 4. The number of piperidine rings is 1. The lowest BCUT2D eigenvalue weighted by atomic mass is 9.89. The maximum absolute atomic E-state index is 12.7. The van der Waals surface area contributed by atoms with E-state index < -0.39 is 0 Å². The van der Waals surface area contributed by atoms with Gasteiger partial charge in [-0.3, -0.25) is 9.78 Å². The van der Waals surface area contributed by atoms with Crippen LogP contribution in [-0.4, -0.2) is 57.2 Å². The van der Waals surface area contributed by atoms with Crippen LogP contribution >= 0.6 is 11.3 Å². The lowest BCUT2D eigenvalue weighted by Gasteiger charge is -2.39. The fourth-order valence-electron chi connectivity index (χ4n) is 3.71. The number of thiazole rings is 1. The zero-order valence-electron chi connectivity index (χ0n) is 14.8. The Balaban J connectivity index is 1.35. The van der Waals surface area contributed by atoms with Crippen LogP contribution in [0.4, 0.5) is 0 Å². The van der Waals surface area contributed by atoms with E-state index in [9.17, 15) is 4.79 Å². The van der Waals surface area contributed by atoms with Gasteiger partial charge in [0.25, 0.3) is 5.91 Å². The van der Waals surface area contributed by atoms with Crippen molar-refractivity contribution in [1.82, 2.24) is 19.9 Å². The molecule has 4 rings (SSSR count). The monoisotopic (exact) mass is 374 g/mol. The molecule has 2 aliphatic heterocycles. The molecule has 2 atom stereocenters. The smallest absolute Gasteiger partial charge is 0.274 e. The number of ether oxygens (including phenoxy) is 2. The maximum atomic E-state index is 12.7. The summed E-state index contributed by atoms with van der Waals surface area (Å²) in [6.45, 7) is 4.38. The minimum Gasteiger partial charge on any atom is -0.370 e. The molecule has 8 heteroatoms. The Morgan fingerprint density at radius 2 is 2.42 bits per heavy atom. The van der Waals surface area contributed by atoms with Gasteiger partial charge in [0.1, 0.15) is 5.69 Å². The minimum absolute atomic E-state index is 0.0450. The number of carbonyl (C=O) groups excluding carboxylic acids is 1. The fourth-order valence-corrected chi connectivity index (χ4v) is 4.31. The summed E-state index contributed by atoms with van der Waals surface area (Å²) in [7, 11) is 0. The highest BCUT2D eigenvalue weighted by Crippen LogP contribution is 2.36. The van der Waals surface area contributed by atoms with E-state index in [0.29, 0.717) is 25.5 Å². The lowest BCUT2D eigenvalue weighted by Crippen LogP contribution is -2.50. The summed E-state index contributed by atoms with van der Waals surface area (Å²) in [6, 6.07) is 0. The van der Waals surface area contributed by atoms with Gasteiger partial charge in [-0.1, -0.05) is 0 Å². The maximum Gasteiger partial charge on any atom is 0.274 e. The van der Waals surface area contributed by atoms with Crippen molar-refractivity contribution in [2.75, 3.05) is 19.7 Å². The van der Waals surface area contributed by atoms with E-state index in [4.69, 9.17) is 9.47 Å². The quantitative estimate of drug-likeness (QED) is 0.817. The molecule has 0 bridgehead atoms. The predicted octanol–water partition coefficient (Wildman–Crippen LogP) is 2.22. The van der Waals surface area contributed by atoms with Gasteiger partial charge in [0.2, 0.25) is 0 Å². The molecule has 2 aromatic heterocycles. The second-order valence-corrected chi connectivity index (χ2v) is 7.97. The third kappa shape index (κ3) is 3.77. The van der Waals surface area contributed by atoms with E-state index >= 15 is 0 Å². The van der Waals surface area contributed by atoms with E-state index in [1.54, 1.807) is 23.7 Å². The van der Waals surface area contributed by atoms with Crippen LogP contribution in [0, 0.1) is 6.92 Å². The number of likely N-dealkylation sites (tertiary alicyclic amines) is 1. The topological polar surface area (TPSA) is 77.4 Å². The normalized spacial score (nSPS) is 25.7. The van der Waals surface area contributed by atoms with Gasteiger partial charge in [-0.15, -0.1) is 11.3 Å². The van der Waals surface area contributed by atoms with E-state index in [0.717, 1.165) is 36.5 Å². The molecule has 0 aromatic carbocycles. The van der Waals surface area contributed by atoms with Crippen LogP contribution in [0.1, 0.15) is 40.5 Å². The summed E-state index contributed by atoms with van der Waals surface area (Å²) < 4.78 is 12.1. The number of aromatic nitrogens is 3. The first-order valence-corrected chi connectivity index (χ1v) is 9.73. The van der Waals surface area contributed by atoms with Gasteiger partial charge in [0.15, 0.2) is 0 Å².